The Labute approximate surface area is 187 Å². The summed E-state index contributed by atoms with van der Waals surface area (Å²) in [6, 6.07) is 14.5. The largest absolute Gasteiger partial charge is 0.376 e. The zero-order valence-electron chi connectivity index (χ0n) is 17.5. The zero-order chi connectivity index (χ0) is 21.7. The van der Waals surface area contributed by atoms with Gasteiger partial charge in [0.05, 0.1) is 11.5 Å². The van der Waals surface area contributed by atoms with Crippen LogP contribution in [0.5, 0.6) is 0 Å². The summed E-state index contributed by atoms with van der Waals surface area (Å²) < 4.78 is 5.51. The predicted molar refractivity (Wildman–Crippen MR) is 123 cm³/mol. The van der Waals surface area contributed by atoms with Crippen LogP contribution in [0.4, 0.5) is 16.2 Å². The highest BCUT2D eigenvalue weighted by atomic mass is 35.5. The summed E-state index contributed by atoms with van der Waals surface area (Å²) >= 11 is 6.04. The van der Waals surface area contributed by atoms with Crippen molar-refractivity contribution < 1.29 is 14.3 Å². The van der Waals surface area contributed by atoms with Crippen molar-refractivity contribution in [1.82, 2.24) is 5.32 Å². The fourth-order valence-corrected chi connectivity index (χ4v) is 4.60. The zero-order valence-corrected chi connectivity index (χ0v) is 18.2. The van der Waals surface area contributed by atoms with Crippen molar-refractivity contribution >= 4 is 34.9 Å². The molecule has 1 aliphatic heterocycles. The second kappa shape index (κ2) is 9.71. The van der Waals surface area contributed by atoms with Crippen molar-refractivity contribution in [1.29, 1.82) is 0 Å². The molecule has 1 saturated heterocycles. The first-order valence-electron chi connectivity index (χ1n) is 10.9. The Balaban J connectivity index is 1.35. The Morgan fingerprint density at radius 3 is 2.19 bits per heavy atom. The van der Waals surface area contributed by atoms with Crippen molar-refractivity contribution in [3.63, 3.8) is 0 Å². The Morgan fingerprint density at radius 2 is 1.58 bits per heavy atom. The van der Waals surface area contributed by atoms with Crippen LogP contribution in [0, 0.1) is 0 Å². The quantitative estimate of drug-likeness (QED) is 0.584. The molecule has 31 heavy (non-hydrogen) atoms. The molecule has 0 bridgehead atoms. The third-order valence-electron chi connectivity index (χ3n) is 6.20. The summed E-state index contributed by atoms with van der Waals surface area (Å²) in [5.41, 5.74) is 1.85. The highest BCUT2D eigenvalue weighted by Crippen LogP contribution is 2.42. The summed E-state index contributed by atoms with van der Waals surface area (Å²) in [6.45, 7) is 1.27. The van der Waals surface area contributed by atoms with Gasteiger partial charge in [-0.3, -0.25) is 4.79 Å². The molecule has 1 unspecified atom stereocenters. The number of hydrogen-bond donors (Lipinski definition) is 3. The van der Waals surface area contributed by atoms with Crippen LogP contribution >= 0.6 is 11.6 Å². The van der Waals surface area contributed by atoms with Crippen LogP contribution in [0.25, 0.3) is 0 Å². The summed E-state index contributed by atoms with van der Waals surface area (Å²) in [4.78, 5) is 25.3. The lowest BCUT2D eigenvalue weighted by Crippen LogP contribution is -2.38. The molecule has 1 saturated carbocycles. The van der Waals surface area contributed by atoms with Crippen LogP contribution in [0.15, 0.2) is 48.5 Å². The monoisotopic (exact) mass is 441 g/mol. The molecule has 1 heterocycles. The van der Waals surface area contributed by atoms with E-state index in [0.29, 0.717) is 22.9 Å². The summed E-state index contributed by atoms with van der Waals surface area (Å²) in [6.07, 6.45) is 5.83. The van der Waals surface area contributed by atoms with Gasteiger partial charge in [0.25, 0.3) is 0 Å². The number of carbonyl (C=O) groups excluding carboxylic acids is 2. The molecule has 2 fully saturated rings. The number of ether oxygens (including phenoxy) is 1. The lowest BCUT2D eigenvalue weighted by Gasteiger charge is -2.28. The number of hydrogen-bond acceptors (Lipinski definition) is 3. The van der Waals surface area contributed by atoms with Crippen LogP contribution in [0.2, 0.25) is 5.02 Å². The first-order chi connectivity index (χ1) is 15.0. The molecule has 4 rings (SSSR count). The van der Waals surface area contributed by atoms with E-state index in [1.807, 2.05) is 24.3 Å². The van der Waals surface area contributed by atoms with Gasteiger partial charge in [-0.05, 0) is 67.6 Å². The number of benzene rings is 2. The normalized spacial score (nSPS) is 19.7. The lowest BCUT2D eigenvalue weighted by molar-refractivity contribution is -0.121. The van der Waals surface area contributed by atoms with Crippen LogP contribution < -0.4 is 16.0 Å². The molecule has 3 N–H and O–H groups in total. The first-order valence-corrected chi connectivity index (χ1v) is 11.3. The highest BCUT2D eigenvalue weighted by molar-refractivity contribution is 6.30. The summed E-state index contributed by atoms with van der Waals surface area (Å²) in [5, 5.41) is 9.37. The Hall–Kier alpha value is -2.57. The van der Waals surface area contributed by atoms with E-state index in [1.54, 1.807) is 24.3 Å². The molecule has 0 aromatic heterocycles. The van der Waals surface area contributed by atoms with E-state index in [-0.39, 0.29) is 18.0 Å². The minimum absolute atomic E-state index is 0.00217. The van der Waals surface area contributed by atoms with E-state index < -0.39 is 5.41 Å². The van der Waals surface area contributed by atoms with Crippen molar-refractivity contribution in [2.45, 2.75) is 50.0 Å². The SMILES string of the molecule is O=C(NCC1CCCO1)Nc1ccc(NC(=O)C2(c3ccc(Cl)cc3)CCCC2)cc1. The molecule has 2 aliphatic rings. The van der Waals surface area contributed by atoms with Crippen molar-refractivity contribution in [3.05, 3.63) is 59.1 Å². The number of anilines is 2. The van der Waals surface area contributed by atoms with Gasteiger partial charge in [0.2, 0.25) is 5.91 Å². The second-order valence-electron chi connectivity index (χ2n) is 8.30. The van der Waals surface area contributed by atoms with E-state index in [1.165, 1.54) is 0 Å². The molecule has 1 atom stereocenters. The Bertz CT molecular complexity index is 903. The molecule has 7 heteroatoms. The number of amides is 3. The molecule has 0 spiro atoms. The summed E-state index contributed by atoms with van der Waals surface area (Å²) in [5.74, 6) is 0.00217. The van der Waals surface area contributed by atoms with Gasteiger partial charge in [0, 0.05) is 29.5 Å². The number of nitrogens with one attached hydrogen (secondary N) is 3. The first kappa shape index (κ1) is 21.7. The van der Waals surface area contributed by atoms with Crippen molar-refractivity contribution in [3.8, 4) is 0 Å². The minimum Gasteiger partial charge on any atom is -0.376 e. The maximum atomic E-state index is 13.3. The van der Waals surface area contributed by atoms with E-state index >= 15 is 0 Å². The van der Waals surface area contributed by atoms with E-state index in [0.717, 1.165) is 50.7 Å². The number of rotatable bonds is 6. The second-order valence-corrected chi connectivity index (χ2v) is 8.73. The topological polar surface area (TPSA) is 79.5 Å². The number of halogens is 1. The predicted octanol–water partition coefficient (Wildman–Crippen LogP) is 5.09. The minimum atomic E-state index is -0.524. The molecular weight excluding hydrogens is 414 g/mol. The van der Waals surface area contributed by atoms with Crippen LogP contribution in [-0.2, 0) is 14.9 Å². The van der Waals surface area contributed by atoms with Crippen LogP contribution in [0.1, 0.15) is 44.1 Å². The molecule has 0 radical (unpaired) electrons. The molecular formula is C24H28ClN3O3. The van der Waals surface area contributed by atoms with Gasteiger partial charge in [-0.1, -0.05) is 36.6 Å². The van der Waals surface area contributed by atoms with Gasteiger partial charge >= 0.3 is 6.03 Å². The molecule has 2 aromatic carbocycles. The van der Waals surface area contributed by atoms with E-state index in [4.69, 9.17) is 16.3 Å². The van der Waals surface area contributed by atoms with Crippen LogP contribution in [0.3, 0.4) is 0 Å². The lowest BCUT2D eigenvalue weighted by atomic mass is 9.78. The maximum Gasteiger partial charge on any atom is 0.319 e. The molecule has 3 amide bonds. The van der Waals surface area contributed by atoms with Gasteiger partial charge in [0.1, 0.15) is 0 Å². The molecule has 2 aromatic rings. The van der Waals surface area contributed by atoms with Gasteiger partial charge in [-0.25, -0.2) is 4.79 Å². The molecule has 6 nitrogen and oxygen atoms in total. The standard InChI is InChI=1S/C24H28ClN3O3/c25-18-7-5-17(6-8-18)24(13-1-2-14-24)22(29)27-19-9-11-20(12-10-19)28-23(30)26-16-21-4-3-15-31-21/h5-12,21H,1-4,13-16H2,(H,27,29)(H2,26,28,30). The summed E-state index contributed by atoms with van der Waals surface area (Å²) in [7, 11) is 0. The van der Waals surface area contributed by atoms with Crippen molar-refractivity contribution in [2.75, 3.05) is 23.8 Å². The van der Waals surface area contributed by atoms with Gasteiger partial charge in [-0.15, -0.1) is 0 Å². The van der Waals surface area contributed by atoms with Crippen molar-refractivity contribution in [2.24, 2.45) is 0 Å². The van der Waals surface area contributed by atoms with E-state index in [2.05, 4.69) is 16.0 Å². The average molecular weight is 442 g/mol. The maximum absolute atomic E-state index is 13.3. The Morgan fingerprint density at radius 1 is 0.935 bits per heavy atom. The van der Waals surface area contributed by atoms with E-state index in [9.17, 15) is 9.59 Å². The van der Waals surface area contributed by atoms with Gasteiger partial charge in [-0.2, -0.15) is 0 Å². The average Bonchev–Trinajstić information content (AvgIpc) is 3.47. The molecule has 1 aliphatic carbocycles. The fraction of sp³-hybridized carbons (Fsp3) is 0.417. The third kappa shape index (κ3) is 5.20. The third-order valence-corrected chi connectivity index (χ3v) is 6.46. The number of carbonyl (C=O) groups is 2. The van der Waals surface area contributed by atoms with Crippen LogP contribution in [-0.4, -0.2) is 31.2 Å². The highest BCUT2D eigenvalue weighted by Gasteiger charge is 2.42. The van der Waals surface area contributed by atoms with Gasteiger partial charge < -0.3 is 20.7 Å². The molecule has 164 valence electrons. The Kier molecular flexibility index (Phi) is 6.78. The number of urea groups is 1. The van der Waals surface area contributed by atoms with Gasteiger partial charge in [0.15, 0.2) is 0 Å². The fourth-order valence-electron chi connectivity index (χ4n) is 4.47. The smallest absolute Gasteiger partial charge is 0.319 e.